The molecule has 0 saturated heterocycles. The van der Waals surface area contributed by atoms with E-state index in [1.807, 2.05) is 63.5 Å². The van der Waals surface area contributed by atoms with Crippen molar-refractivity contribution in [1.29, 1.82) is 0 Å². The highest BCUT2D eigenvalue weighted by atomic mass is 16.5. The SMILES string of the molecule is CCn1c(C)c(/C=C2\Oc3ccc(NC(=O)Nc4ccc(CCN(C)C)cc4)cc3C2=O)c2cc(OC)ccc21. The number of benzene rings is 3. The number of amides is 2. The van der Waals surface area contributed by atoms with E-state index in [4.69, 9.17) is 9.47 Å². The lowest BCUT2D eigenvalue weighted by molar-refractivity contribution is 0.101. The van der Waals surface area contributed by atoms with Crippen molar-refractivity contribution in [2.24, 2.45) is 0 Å². The first-order valence-electron chi connectivity index (χ1n) is 13.3. The molecule has 3 aromatic carbocycles. The number of Topliss-reactive ketones (excluding diaryl/α,β-unsaturated/α-hetero) is 1. The zero-order valence-corrected chi connectivity index (χ0v) is 23.5. The van der Waals surface area contributed by atoms with Crippen molar-refractivity contribution in [3.05, 3.63) is 88.8 Å². The highest BCUT2D eigenvalue weighted by Crippen LogP contribution is 2.36. The van der Waals surface area contributed by atoms with Crippen LogP contribution in [0.1, 0.15) is 34.1 Å². The van der Waals surface area contributed by atoms with Crippen LogP contribution in [-0.4, -0.2) is 49.0 Å². The minimum Gasteiger partial charge on any atom is -0.497 e. The second-order valence-electron chi connectivity index (χ2n) is 10.1. The first-order valence-corrected chi connectivity index (χ1v) is 13.3. The Morgan fingerprint density at radius 1 is 1.02 bits per heavy atom. The molecule has 40 heavy (non-hydrogen) atoms. The number of ketones is 1. The van der Waals surface area contributed by atoms with Crippen LogP contribution in [0.25, 0.3) is 17.0 Å². The molecule has 0 fully saturated rings. The van der Waals surface area contributed by atoms with Crippen LogP contribution < -0.4 is 20.1 Å². The zero-order valence-electron chi connectivity index (χ0n) is 23.5. The number of carbonyl (C=O) groups excluding carboxylic acids is 2. The van der Waals surface area contributed by atoms with E-state index in [1.165, 1.54) is 5.56 Å². The van der Waals surface area contributed by atoms with Gasteiger partial charge in [0.25, 0.3) is 0 Å². The molecule has 8 nitrogen and oxygen atoms in total. The minimum absolute atomic E-state index is 0.230. The summed E-state index contributed by atoms with van der Waals surface area (Å²) in [5.41, 5.74) is 5.82. The number of methoxy groups -OCH3 is 1. The predicted molar refractivity (Wildman–Crippen MR) is 160 cm³/mol. The van der Waals surface area contributed by atoms with Gasteiger partial charge in [0.15, 0.2) is 5.76 Å². The van der Waals surface area contributed by atoms with Crippen LogP contribution in [0.15, 0.2) is 66.4 Å². The minimum atomic E-state index is -0.389. The number of aromatic nitrogens is 1. The van der Waals surface area contributed by atoms with Gasteiger partial charge in [-0.1, -0.05) is 12.1 Å². The van der Waals surface area contributed by atoms with E-state index >= 15 is 0 Å². The summed E-state index contributed by atoms with van der Waals surface area (Å²) in [4.78, 5) is 28.1. The Hall–Kier alpha value is -4.56. The molecular weight excluding hydrogens is 504 g/mol. The van der Waals surface area contributed by atoms with Crippen LogP contribution >= 0.6 is 0 Å². The molecule has 1 aromatic heterocycles. The zero-order chi connectivity index (χ0) is 28.4. The van der Waals surface area contributed by atoms with Crippen LogP contribution in [0, 0.1) is 6.92 Å². The van der Waals surface area contributed by atoms with Gasteiger partial charge in [0.05, 0.1) is 12.7 Å². The Kier molecular flexibility index (Phi) is 7.62. The number of hydrogen-bond donors (Lipinski definition) is 2. The second kappa shape index (κ2) is 11.3. The molecule has 8 heteroatoms. The lowest BCUT2D eigenvalue weighted by Gasteiger charge is -2.11. The molecule has 0 saturated carbocycles. The van der Waals surface area contributed by atoms with E-state index in [1.54, 1.807) is 31.4 Å². The van der Waals surface area contributed by atoms with Gasteiger partial charge < -0.3 is 29.6 Å². The standard InChI is InChI=1S/C32H34N4O4/c1-6-36-20(2)25(26-18-24(39-5)12-13-28(26)36)19-30-31(37)27-17-23(11-14-29(27)40-30)34-32(38)33-22-9-7-21(8-10-22)15-16-35(3)4/h7-14,17-19H,6,15-16H2,1-5H3,(H2,33,34,38)/b30-19-. The van der Waals surface area contributed by atoms with Crippen molar-refractivity contribution in [2.45, 2.75) is 26.8 Å². The van der Waals surface area contributed by atoms with E-state index in [9.17, 15) is 9.59 Å². The van der Waals surface area contributed by atoms with Crippen LogP contribution in [0.4, 0.5) is 16.2 Å². The van der Waals surface area contributed by atoms with Gasteiger partial charge in [0.1, 0.15) is 11.5 Å². The van der Waals surface area contributed by atoms with Crippen LogP contribution in [0.2, 0.25) is 0 Å². The van der Waals surface area contributed by atoms with Crippen LogP contribution in [0.5, 0.6) is 11.5 Å². The number of fused-ring (bicyclic) bond motifs is 2. The summed E-state index contributed by atoms with van der Waals surface area (Å²) in [6, 6.07) is 18.4. The van der Waals surface area contributed by atoms with E-state index in [2.05, 4.69) is 27.0 Å². The number of ether oxygens (including phenoxy) is 2. The summed E-state index contributed by atoms with van der Waals surface area (Å²) in [7, 11) is 5.72. The van der Waals surface area contributed by atoms with E-state index in [0.717, 1.165) is 47.4 Å². The average molecular weight is 539 g/mol. The fourth-order valence-corrected chi connectivity index (χ4v) is 5.00. The molecular formula is C32H34N4O4. The summed E-state index contributed by atoms with van der Waals surface area (Å²) >= 11 is 0. The smallest absolute Gasteiger partial charge is 0.323 e. The number of allylic oxidation sites excluding steroid dienone is 1. The fourth-order valence-electron chi connectivity index (χ4n) is 5.00. The molecule has 2 N–H and O–H groups in total. The van der Waals surface area contributed by atoms with Gasteiger partial charge in [-0.3, -0.25) is 4.79 Å². The van der Waals surface area contributed by atoms with Crippen molar-refractivity contribution in [1.82, 2.24) is 9.47 Å². The maximum Gasteiger partial charge on any atom is 0.323 e. The molecule has 1 aliphatic heterocycles. The Labute approximate surface area is 234 Å². The Morgan fingerprint density at radius 2 is 1.75 bits per heavy atom. The van der Waals surface area contributed by atoms with Crippen molar-refractivity contribution in [3.8, 4) is 11.5 Å². The van der Waals surface area contributed by atoms with E-state index < -0.39 is 0 Å². The molecule has 4 aromatic rings. The first kappa shape index (κ1) is 27.0. The number of nitrogens with one attached hydrogen (secondary N) is 2. The summed E-state index contributed by atoms with van der Waals surface area (Å²) in [6.07, 6.45) is 2.74. The summed E-state index contributed by atoms with van der Waals surface area (Å²) in [5.74, 6) is 1.22. The molecule has 0 atom stereocenters. The molecule has 0 spiro atoms. The molecule has 0 bridgehead atoms. The van der Waals surface area contributed by atoms with Gasteiger partial charge in [-0.25, -0.2) is 4.79 Å². The highest BCUT2D eigenvalue weighted by molar-refractivity contribution is 6.16. The van der Waals surface area contributed by atoms with Gasteiger partial charge in [0, 0.05) is 46.6 Å². The number of nitrogens with zero attached hydrogens (tertiary/aromatic N) is 2. The summed E-state index contributed by atoms with van der Waals surface area (Å²) < 4.78 is 13.6. The maximum absolute atomic E-state index is 13.3. The van der Waals surface area contributed by atoms with Crippen LogP contribution in [0.3, 0.4) is 0 Å². The van der Waals surface area contributed by atoms with Crippen molar-refractivity contribution in [2.75, 3.05) is 38.4 Å². The maximum atomic E-state index is 13.3. The Balaban J connectivity index is 1.32. The van der Waals surface area contributed by atoms with Crippen molar-refractivity contribution in [3.63, 3.8) is 0 Å². The van der Waals surface area contributed by atoms with E-state index in [-0.39, 0.29) is 17.6 Å². The van der Waals surface area contributed by atoms with Crippen molar-refractivity contribution < 1.29 is 19.1 Å². The third-order valence-electron chi connectivity index (χ3n) is 7.16. The quantitative estimate of drug-likeness (QED) is 0.256. The molecule has 2 amide bonds. The highest BCUT2D eigenvalue weighted by Gasteiger charge is 2.29. The normalized spacial score (nSPS) is 13.6. The first-order chi connectivity index (χ1) is 19.3. The Bertz CT molecular complexity index is 1620. The molecule has 5 rings (SSSR count). The van der Waals surface area contributed by atoms with Crippen molar-refractivity contribution >= 4 is 40.2 Å². The summed E-state index contributed by atoms with van der Waals surface area (Å²) in [5, 5.41) is 6.65. The Morgan fingerprint density at radius 3 is 2.45 bits per heavy atom. The number of urea groups is 1. The van der Waals surface area contributed by atoms with Crippen LogP contribution in [-0.2, 0) is 13.0 Å². The van der Waals surface area contributed by atoms with E-state index in [0.29, 0.717) is 22.7 Å². The molecule has 2 heterocycles. The fraction of sp³-hybridized carbons (Fsp3) is 0.250. The number of hydrogen-bond acceptors (Lipinski definition) is 5. The monoisotopic (exact) mass is 538 g/mol. The lowest BCUT2D eigenvalue weighted by Crippen LogP contribution is -2.19. The third-order valence-corrected chi connectivity index (χ3v) is 7.16. The van der Waals surface area contributed by atoms with Gasteiger partial charge in [0.2, 0.25) is 5.78 Å². The number of likely N-dealkylation sites (N-methyl/N-ethyl adjacent to an activating group) is 1. The predicted octanol–water partition coefficient (Wildman–Crippen LogP) is 6.34. The second-order valence-corrected chi connectivity index (χ2v) is 10.1. The van der Waals surface area contributed by atoms with Gasteiger partial charge >= 0.3 is 6.03 Å². The number of carbonyl (C=O) groups is 2. The number of aryl methyl sites for hydroxylation is 1. The topological polar surface area (TPSA) is 84.8 Å². The molecule has 0 aliphatic carbocycles. The molecule has 0 radical (unpaired) electrons. The molecule has 0 unspecified atom stereocenters. The molecule has 206 valence electrons. The average Bonchev–Trinajstić information content (AvgIpc) is 3.40. The largest absolute Gasteiger partial charge is 0.497 e. The van der Waals surface area contributed by atoms with Gasteiger partial charge in [-0.2, -0.15) is 0 Å². The molecule has 1 aliphatic rings. The van der Waals surface area contributed by atoms with Gasteiger partial charge in [-0.15, -0.1) is 0 Å². The number of rotatable bonds is 8. The summed E-state index contributed by atoms with van der Waals surface area (Å²) in [6.45, 7) is 5.88. The lowest BCUT2D eigenvalue weighted by atomic mass is 10.1. The number of anilines is 2. The third kappa shape index (κ3) is 5.44. The van der Waals surface area contributed by atoms with Gasteiger partial charge in [-0.05, 0) is 94.5 Å².